The standard InChI is InChI=1S/C10H9BrN2O2S/c1-16-10-13-12-9(15-10)6-14-8-4-2-7(11)3-5-8/h2-5H,6H2,1H3. The molecule has 6 heteroatoms. The van der Waals surface area contributed by atoms with Crippen LogP contribution in [0.4, 0.5) is 0 Å². The minimum absolute atomic E-state index is 0.287. The highest BCUT2D eigenvalue weighted by atomic mass is 79.9. The molecule has 0 bridgehead atoms. The first kappa shape index (κ1) is 11.5. The molecule has 0 aliphatic carbocycles. The second kappa shape index (κ2) is 5.36. The smallest absolute Gasteiger partial charge is 0.276 e. The first-order valence-electron chi connectivity index (χ1n) is 4.52. The van der Waals surface area contributed by atoms with E-state index in [0.29, 0.717) is 11.1 Å². The van der Waals surface area contributed by atoms with E-state index in [1.807, 2.05) is 30.5 Å². The Bertz CT molecular complexity index is 458. The molecule has 1 aromatic carbocycles. The summed E-state index contributed by atoms with van der Waals surface area (Å²) in [5, 5.41) is 8.22. The van der Waals surface area contributed by atoms with Gasteiger partial charge in [-0.1, -0.05) is 27.7 Å². The van der Waals surface area contributed by atoms with Gasteiger partial charge in [0.1, 0.15) is 5.75 Å². The molecule has 0 saturated heterocycles. The molecule has 2 rings (SSSR count). The molecule has 2 aromatic rings. The minimum Gasteiger partial charge on any atom is -0.484 e. The summed E-state index contributed by atoms with van der Waals surface area (Å²) in [6, 6.07) is 7.57. The van der Waals surface area contributed by atoms with E-state index in [1.165, 1.54) is 11.8 Å². The Kier molecular flexibility index (Phi) is 3.84. The number of aromatic nitrogens is 2. The SMILES string of the molecule is CSc1nnc(COc2ccc(Br)cc2)o1. The van der Waals surface area contributed by atoms with Crippen molar-refractivity contribution in [1.82, 2.24) is 10.2 Å². The summed E-state index contributed by atoms with van der Waals surface area (Å²) in [5.41, 5.74) is 0. The molecule has 0 N–H and O–H groups in total. The predicted octanol–water partition coefficient (Wildman–Crippen LogP) is 3.13. The van der Waals surface area contributed by atoms with Crippen molar-refractivity contribution in [2.75, 3.05) is 6.26 Å². The van der Waals surface area contributed by atoms with Crippen molar-refractivity contribution >= 4 is 27.7 Å². The van der Waals surface area contributed by atoms with Gasteiger partial charge in [-0.15, -0.1) is 10.2 Å². The summed E-state index contributed by atoms with van der Waals surface area (Å²) in [4.78, 5) is 0. The van der Waals surface area contributed by atoms with Gasteiger partial charge < -0.3 is 9.15 Å². The second-order valence-corrected chi connectivity index (χ2v) is 4.58. The zero-order valence-corrected chi connectivity index (χ0v) is 10.9. The number of halogens is 1. The Morgan fingerprint density at radius 1 is 1.31 bits per heavy atom. The maximum Gasteiger partial charge on any atom is 0.276 e. The van der Waals surface area contributed by atoms with Crippen LogP contribution in [0.3, 0.4) is 0 Å². The number of hydrogen-bond acceptors (Lipinski definition) is 5. The highest BCUT2D eigenvalue weighted by Gasteiger charge is 2.05. The monoisotopic (exact) mass is 300 g/mol. The summed E-state index contributed by atoms with van der Waals surface area (Å²) < 4.78 is 11.8. The molecule has 84 valence electrons. The first-order valence-corrected chi connectivity index (χ1v) is 6.54. The van der Waals surface area contributed by atoms with Crippen molar-refractivity contribution in [3.8, 4) is 5.75 Å². The molecule has 4 nitrogen and oxygen atoms in total. The molecule has 1 heterocycles. The molecule has 16 heavy (non-hydrogen) atoms. The molecule has 0 fully saturated rings. The number of nitrogens with zero attached hydrogens (tertiary/aromatic N) is 2. The highest BCUT2D eigenvalue weighted by Crippen LogP contribution is 2.18. The van der Waals surface area contributed by atoms with E-state index in [2.05, 4.69) is 26.1 Å². The lowest BCUT2D eigenvalue weighted by atomic mass is 10.3. The molecule has 0 aliphatic heterocycles. The molecule has 0 aliphatic rings. The maximum absolute atomic E-state index is 5.48. The summed E-state index contributed by atoms with van der Waals surface area (Å²) in [7, 11) is 0. The predicted molar refractivity (Wildman–Crippen MR) is 64.6 cm³/mol. The van der Waals surface area contributed by atoms with Crippen molar-refractivity contribution in [2.45, 2.75) is 11.8 Å². The topological polar surface area (TPSA) is 48.2 Å². The van der Waals surface area contributed by atoms with Crippen LogP contribution in [0.1, 0.15) is 5.89 Å². The molecule has 0 unspecified atom stereocenters. The lowest BCUT2D eigenvalue weighted by Gasteiger charge is -2.02. The van der Waals surface area contributed by atoms with Gasteiger partial charge in [0.2, 0.25) is 0 Å². The fourth-order valence-corrected chi connectivity index (χ4v) is 1.62. The van der Waals surface area contributed by atoms with E-state index in [1.54, 1.807) is 0 Å². The van der Waals surface area contributed by atoms with Gasteiger partial charge in [0.15, 0.2) is 6.61 Å². The van der Waals surface area contributed by atoms with Gasteiger partial charge in [0.05, 0.1) is 0 Å². The van der Waals surface area contributed by atoms with E-state index in [4.69, 9.17) is 9.15 Å². The normalized spacial score (nSPS) is 10.4. The maximum atomic E-state index is 5.48. The van der Waals surface area contributed by atoms with Gasteiger partial charge >= 0.3 is 0 Å². The third-order valence-corrected chi connectivity index (χ3v) is 2.84. The number of thioether (sulfide) groups is 1. The first-order chi connectivity index (χ1) is 7.78. The average Bonchev–Trinajstić information content (AvgIpc) is 2.76. The van der Waals surface area contributed by atoms with E-state index < -0.39 is 0 Å². The Morgan fingerprint density at radius 2 is 2.06 bits per heavy atom. The zero-order chi connectivity index (χ0) is 11.4. The van der Waals surface area contributed by atoms with Crippen LogP contribution in [-0.2, 0) is 6.61 Å². The van der Waals surface area contributed by atoms with Gasteiger partial charge in [0.25, 0.3) is 11.1 Å². The third kappa shape index (κ3) is 2.99. The summed E-state index contributed by atoms with van der Waals surface area (Å²) >= 11 is 4.77. The summed E-state index contributed by atoms with van der Waals surface area (Å²) in [5.74, 6) is 1.25. The third-order valence-electron chi connectivity index (χ3n) is 1.80. The molecule has 1 aromatic heterocycles. The van der Waals surface area contributed by atoms with Crippen molar-refractivity contribution in [3.63, 3.8) is 0 Å². The second-order valence-electron chi connectivity index (χ2n) is 2.91. The van der Waals surface area contributed by atoms with Crippen LogP contribution < -0.4 is 4.74 Å². The van der Waals surface area contributed by atoms with Gasteiger partial charge in [-0.05, 0) is 30.5 Å². The largest absolute Gasteiger partial charge is 0.484 e. The Morgan fingerprint density at radius 3 is 2.69 bits per heavy atom. The van der Waals surface area contributed by atoms with Crippen molar-refractivity contribution in [2.24, 2.45) is 0 Å². The average molecular weight is 301 g/mol. The number of ether oxygens (including phenoxy) is 1. The molecule has 0 spiro atoms. The molecular formula is C10H9BrN2O2S. The van der Waals surface area contributed by atoms with Crippen LogP contribution >= 0.6 is 27.7 Å². The van der Waals surface area contributed by atoms with Gasteiger partial charge in [0, 0.05) is 4.47 Å². The summed E-state index contributed by atoms with van der Waals surface area (Å²) in [6.45, 7) is 0.287. The molecule has 0 saturated carbocycles. The Labute approximate surface area is 106 Å². The minimum atomic E-state index is 0.287. The van der Waals surface area contributed by atoms with Crippen molar-refractivity contribution in [3.05, 3.63) is 34.6 Å². The van der Waals surface area contributed by atoms with Gasteiger partial charge in [-0.2, -0.15) is 0 Å². The number of hydrogen-bond donors (Lipinski definition) is 0. The fourth-order valence-electron chi connectivity index (χ4n) is 1.05. The highest BCUT2D eigenvalue weighted by molar-refractivity contribution is 9.10. The number of rotatable bonds is 4. The fraction of sp³-hybridized carbons (Fsp3) is 0.200. The van der Waals surface area contributed by atoms with Gasteiger partial charge in [-0.25, -0.2) is 0 Å². The molecule has 0 radical (unpaired) electrons. The van der Waals surface area contributed by atoms with Crippen LogP contribution in [0, 0.1) is 0 Å². The zero-order valence-electron chi connectivity index (χ0n) is 8.51. The van der Waals surface area contributed by atoms with Crippen molar-refractivity contribution < 1.29 is 9.15 Å². The van der Waals surface area contributed by atoms with Crippen molar-refractivity contribution in [1.29, 1.82) is 0 Å². The quantitative estimate of drug-likeness (QED) is 0.812. The molecular weight excluding hydrogens is 292 g/mol. The van der Waals surface area contributed by atoms with Crippen LogP contribution in [-0.4, -0.2) is 16.5 Å². The van der Waals surface area contributed by atoms with E-state index >= 15 is 0 Å². The van der Waals surface area contributed by atoms with Crippen LogP contribution in [0.5, 0.6) is 5.75 Å². The van der Waals surface area contributed by atoms with Crippen LogP contribution in [0.15, 0.2) is 38.4 Å². The van der Waals surface area contributed by atoms with Crippen LogP contribution in [0.2, 0.25) is 0 Å². The Hall–Kier alpha value is -1.01. The Balaban J connectivity index is 1.94. The van der Waals surface area contributed by atoms with E-state index in [9.17, 15) is 0 Å². The summed E-state index contributed by atoms with van der Waals surface area (Å²) in [6.07, 6.45) is 1.88. The number of benzene rings is 1. The van der Waals surface area contributed by atoms with Gasteiger partial charge in [-0.3, -0.25) is 0 Å². The van der Waals surface area contributed by atoms with E-state index in [-0.39, 0.29) is 6.61 Å². The molecule has 0 atom stereocenters. The van der Waals surface area contributed by atoms with Crippen LogP contribution in [0.25, 0.3) is 0 Å². The molecule has 0 amide bonds. The lowest BCUT2D eigenvalue weighted by Crippen LogP contribution is -1.95. The lowest BCUT2D eigenvalue weighted by molar-refractivity contribution is 0.252. The van der Waals surface area contributed by atoms with E-state index in [0.717, 1.165) is 10.2 Å².